The molecule has 0 atom stereocenters. The topological polar surface area (TPSA) is 108 Å². The maximum absolute atomic E-state index is 13.5. The molecule has 3 aromatic rings. The zero-order valence-electron chi connectivity index (χ0n) is 19.6. The Morgan fingerprint density at radius 1 is 1.14 bits per heavy atom. The van der Waals surface area contributed by atoms with E-state index >= 15 is 0 Å². The number of fused-ring (bicyclic) bond motifs is 4. The van der Waals surface area contributed by atoms with Gasteiger partial charge in [0.15, 0.2) is 0 Å². The number of primary amides is 1. The monoisotopic (exact) mass is 469 g/mol. The smallest absolute Gasteiger partial charge is 0.324 e. The summed E-state index contributed by atoms with van der Waals surface area (Å²) in [5.74, 6) is -0.325. The molecule has 3 aliphatic rings. The van der Waals surface area contributed by atoms with Gasteiger partial charge in [-0.2, -0.15) is 0 Å². The number of aliphatic imine (C=N–C) groups is 1. The van der Waals surface area contributed by atoms with Gasteiger partial charge in [0.05, 0.1) is 36.5 Å². The Balaban J connectivity index is 1.41. The van der Waals surface area contributed by atoms with Crippen molar-refractivity contribution >= 4 is 34.9 Å². The largest absolute Gasteiger partial charge is 0.369 e. The van der Waals surface area contributed by atoms with Crippen molar-refractivity contribution < 1.29 is 9.59 Å². The van der Waals surface area contributed by atoms with Gasteiger partial charge in [0.25, 0.3) is 0 Å². The maximum Gasteiger partial charge on any atom is 0.324 e. The first-order valence-electron chi connectivity index (χ1n) is 11.9. The van der Waals surface area contributed by atoms with Crippen LogP contribution in [-0.4, -0.2) is 70.6 Å². The number of nitrogens with zero attached hydrogens (tertiary/aromatic N) is 6. The van der Waals surface area contributed by atoms with Crippen molar-refractivity contribution in [3.8, 4) is 11.3 Å². The van der Waals surface area contributed by atoms with Crippen LogP contribution in [0.15, 0.2) is 41.5 Å². The molecule has 1 aromatic carbocycles. The molecule has 0 bridgehead atoms. The third kappa shape index (κ3) is 3.81. The van der Waals surface area contributed by atoms with Crippen molar-refractivity contribution in [1.82, 2.24) is 19.8 Å². The van der Waals surface area contributed by atoms with Crippen LogP contribution in [0.4, 0.5) is 10.5 Å². The van der Waals surface area contributed by atoms with Gasteiger partial charge in [0, 0.05) is 49.7 Å². The zero-order chi connectivity index (χ0) is 24.1. The highest BCUT2D eigenvalue weighted by molar-refractivity contribution is 6.04. The van der Waals surface area contributed by atoms with Crippen LogP contribution in [0.3, 0.4) is 0 Å². The van der Waals surface area contributed by atoms with E-state index in [1.165, 1.54) is 5.56 Å². The van der Waals surface area contributed by atoms with Crippen LogP contribution < -0.4 is 10.6 Å². The number of amides is 3. The molecule has 0 spiro atoms. The molecule has 1 saturated heterocycles. The van der Waals surface area contributed by atoms with E-state index in [-0.39, 0.29) is 24.5 Å². The summed E-state index contributed by atoms with van der Waals surface area (Å²) < 4.78 is 0. The van der Waals surface area contributed by atoms with Crippen LogP contribution >= 0.6 is 0 Å². The van der Waals surface area contributed by atoms with Gasteiger partial charge in [0.2, 0.25) is 5.91 Å². The number of piperidine rings is 1. The van der Waals surface area contributed by atoms with E-state index in [1.807, 2.05) is 36.5 Å². The van der Waals surface area contributed by atoms with Crippen LogP contribution in [-0.2, 0) is 17.9 Å². The normalized spacial score (nSPS) is 18.3. The van der Waals surface area contributed by atoms with Crippen LogP contribution in [0.2, 0.25) is 0 Å². The van der Waals surface area contributed by atoms with Gasteiger partial charge in [-0.05, 0) is 42.2 Å². The molecule has 9 nitrogen and oxygen atoms in total. The van der Waals surface area contributed by atoms with Gasteiger partial charge in [-0.1, -0.05) is 12.1 Å². The second-order valence-electron chi connectivity index (χ2n) is 9.56. The van der Waals surface area contributed by atoms with Crippen molar-refractivity contribution in [2.24, 2.45) is 10.7 Å². The summed E-state index contributed by atoms with van der Waals surface area (Å²) >= 11 is 0. The van der Waals surface area contributed by atoms with Crippen molar-refractivity contribution in [3.05, 3.63) is 53.2 Å². The molecule has 0 unspecified atom stereocenters. The molecule has 5 heterocycles. The molecule has 0 radical (unpaired) electrons. The lowest BCUT2D eigenvalue weighted by molar-refractivity contribution is -0.119. The minimum atomic E-state index is -0.325. The molecule has 0 saturated carbocycles. The highest BCUT2D eigenvalue weighted by atomic mass is 16.2. The number of hydrogen-bond donors (Lipinski definition) is 1. The number of carbonyl (C=O) groups is 2. The zero-order valence-corrected chi connectivity index (χ0v) is 19.6. The molecule has 35 heavy (non-hydrogen) atoms. The lowest BCUT2D eigenvalue weighted by atomic mass is 9.99. The number of carbonyl (C=O) groups excluding carboxylic acids is 2. The fourth-order valence-electron chi connectivity index (χ4n) is 5.39. The van der Waals surface area contributed by atoms with E-state index in [0.29, 0.717) is 6.54 Å². The number of aromatic nitrogens is 2. The van der Waals surface area contributed by atoms with E-state index in [4.69, 9.17) is 10.7 Å². The average Bonchev–Trinajstić information content (AvgIpc) is 3.33. The molecule has 2 N–H and O–H groups in total. The molecular weight excluding hydrogens is 442 g/mol. The van der Waals surface area contributed by atoms with E-state index < -0.39 is 0 Å². The number of rotatable bonds is 4. The van der Waals surface area contributed by atoms with Gasteiger partial charge < -0.3 is 10.6 Å². The first-order chi connectivity index (χ1) is 17.0. The number of anilines is 1. The maximum atomic E-state index is 13.5. The second-order valence-corrected chi connectivity index (χ2v) is 9.56. The molecule has 0 aliphatic carbocycles. The van der Waals surface area contributed by atoms with Gasteiger partial charge in [0.1, 0.15) is 5.52 Å². The molecule has 3 aliphatic heterocycles. The van der Waals surface area contributed by atoms with Crippen LogP contribution in [0, 0.1) is 0 Å². The van der Waals surface area contributed by atoms with Crippen LogP contribution in [0.5, 0.6) is 0 Å². The summed E-state index contributed by atoms with van der Waals surface area (Å²) in [4.78, 5) is 44.6. The van der Waals surface area contributed by atoms with Gasteiger partial charge in [-0.3, -0.25) is 24.6 Å². The average molecular weight is 470 g/mol. The molecule has 6 rings (SSSR count). The van der Waals surface area contributed by atoms with Gasteiger partial charge in [-0.15, -0.1) is 0 Å². The van der Waals surface area contributed by atoms with E-state index in [0.717, 1.165) is 71.6 Å². The third-order valence-electron chi connectivity index (χ3n) is 7.18. The molecule has 2 aromatic heterocycles. The minimum Gasteiger partial charge on any atom is -0.369 e. The van der Waals surface area contributed by atoms with E-state index in [1.54, 1.807) is 4.90 Å². The Bertz CT molecular complexity index is 1380. The van der Waals surface area contributed by atoms with E-state index in [2.05, 4.69) is 33.1 Å². The number of likely N-dealkylation sites (tertiary alicyclic amines) is 1. The summed E-state index contributed by atoms with van der Waals surface area (Å²) in [6.45, 7) is 2.90. The predicted octanol–water partition coefficient (Wildman–Crippen LogP) is 2.55. The number of hydrogen-bond acceptors (Lipinski definition) is 6. The van der Waals surface area contributed by atoms with Crippen molar-refractivity contribution in [2.75, 3.05) is 31.6 Å². The molecule has 178 valence electrons. The molecule has 1 fully saturated rings. The predicted molar refractivity (Wildman–Crippen MR) is 134 cm³/mol. The Morgan fingerprint density at radius 3 is 2.77 bits per heavy atom. The highest BCUT2D eigenvalue weighted by Gasteiger charge is 2.37. The Morgan fingerprint density at radius 2 is 1.97 bits per heavy atom. The molecule has 9 heteroatoms. The Kier molecular flexibility index (Phi) is 5.21. The fourth-order valence-corrected chi connectivity index (χ4v) is 5.39. The Hall–Kier alpha value is -3.85. The van der Waals surface area contributed by atoms with Crippen molar-refractivity contribution in [1.29, 1.82) is 0 Å². The molecule has 3 amide bonds. The van der Waals surface area contributed by atoms with E-state index in [9.17, 15) is 9.59 Å². The summed E-state index contributed by atoms with van der Waals surface area (Å²) in [5, 5.41) is 0. The fraction of sp³-hybridized carbons (Fsp3) is 0.346. The quantitative estimate of drug-likeness (QED) is 0.632. The van der Waals surface area contributed by atoms with Crippen LogP contribution in [0.25, 0.3) is 22.3 Å². The van der Waals surface area contributed by atoms with Gasteiger partial charge >= 0.3 is 6.03 Å². The minimum absolute atomic E-state index is 0.0142. The standard InChI is InChI=1S/C26H27N7O2/c1-31-14-19-13-29-22-5-4-21(16-2-3-17-11-28-12-18(17)10-16)30-24(22)25(19)33(26(31)35)20-6-8-32(9-7-20)15-23(27)34/h2-5,10,12-13,20H,6-9,11,14-15H2,1H3,(H2,27,34). The van der Waals surface area contributed by atoms with Crippen molar-refractivity contribution in [3.63, 3.8) is 0 Å². The number of urea groups is 1. The SMILES string of the molecule is CN1Cc2cnc3ccc(-c4ccc5c(c4)C=NC5)nc3c2N(C2CCN(CC(N)=O)CC2)C1=O. The Labute approximate surface area is 203 Å². The number of benzene rings is 1. The summed E-state index contributed by atoms with van der Waals surface area (Å²) in [6, 6.07) is 10.3. The number of nitrogens with two attached hydrogens (primary N) is 1. The third-order valence-corrected chi connectivity index (χ3v) is 7.18. The lowest BCUT2D eigenvalue weighted by Crippen LogP contribution is -2.54. The second kappa shape index (κ2) is 8.42. The first kappa shape index (κ1) is 21.7. The van der Waals surface area contributed by atoms with Crippen LogP contribution in [0.1, 0.15) is 29.5 Å². The van der Waals surface area contributed by atoms with Crippen molar-refractivity contribution in [2.45, 2.75) is 32.0 Å². The van der Waals surface area contributed by atoms with Gasteiger partial charge in [-0.25, -0.2) is 9.78 Å². The summed E-state index contributed by atoms with van der Waals surface area (Å²) in [5.41, 5.74) is 12.9. The lowest BCUT2D eigenvalue weighted by Gasteiger charge is -2.43. The number of pyridine rings is 2. The summed E-state index contributed by atoms with van der Waals surface area (Å²) in [7, 11) is 1.82. The highest BCUT2D eigenvalue weighted by Crippen LogP contribution is 2.38. The first-order valence-corrected chi connectivity index (χ1v) is 11.9. The molecular formula is C26H27N7O2. The summed E-state index contributed by atoms with van der Waals surface area (Å²) in [6.07, 6.45) is 5.30.